The molecule has 0 aliphatic rings. The van der Waals surface area contributed by atoms with Crippen LogP contribution in [0.1, 0.15) is 22.3 Å². The van der Waals surface area contributed by atoms with E-state index in [-0.39, 0.29) is 62.0 Å². The van der Waals surface area contributed by atoms with Crippen molar-refractivity contribution in [2.24, 2.45) is 20.0 Å². The van der Waals surface area contributed by atoms with Crippen molar-refractivity contribution >= 4 is 111 Å². The van der Waals surface area contributed by atoms with E-state index in [1.54, 1.807) is 60.7 Å². The summed E-state index contributed by atoms with van der Waals surface area (Å²) in [6.45, 7) is 0. The Morgan fingerprint density at radius 1 is 0.354 bits per heavy atom. The molecule has 0 radical (unpaired) electrons. The van der Waals surface area contributed by atoms with Crippen molar-refractivity contribution < 1.29 is 59.4 Å². The summed E-state index contributed by atoms with van der Waals surface area (Å²) in [6.07, 6.45) is 5.63. The summed E-state index contributed by atoms with van der Waals surface area (Å²) in [5.74, 6) is -0.938. The van der Waals surface area contributed by atoms with E-state index in [4.69, 9.17) is 0 Å². The number of hydrogen-bond donors (Lipinski definition) is 0. The maximum Gasteiger partial charge on any atom is 2.00 e. The van der Waals surface area contributed by atoms with Crippen LogP contribution in [-0.4, -0.2) is 24.9 Å². The molecule has 0 aromatic heterocycles. The Bertz CT molecular complexity index is 1790. The number of halogens is 4. The third-order valence-electron chi connectivity index (χ3n) is 6.33. The first-order valence-electron chi connectivity index (χ1n) is 13.3. The third-order valence-corrected chi connectivity index (χ3v) is 8.30. The van der Waals surface area contributed by atoms with E-state index in [0.717, 1.165) is 0 Å². The normalized spacial score (nSPS) is 11.4. The molecule has 0 bridgehead atoms. The van der Waals surface area contributed by atoms with Crippen LogP contribution in [-0.2, 0) is 39.0 Å². The fourth-order valence-electron chi connectivity index (χ4n) is 4.01. The van der Waals surface area contributed by atoms with Gasteiger partial charge in [-0.05, 0) is 82.9 Å². The second-order valence-corrected chi connectivity index (χ2v) is 13.3. The van der Waals surface area contributed by atoms with E-state index in [0.29, 0.717) is 62.9 Å². The van der Waals surface area contributed by atoms with Crippen LogP contribution >= 0.6 is 63.7 Å². The smallest absolute Gasteiger partial charge is 0.872 e. The van der Waals surface area contributed by atoms with Crippen LogP contribution in [0.5, 0.6) is 23.0 Å². The van der Waals surface area contributed by atoms with Crippen LogP contribution in [0.25, 0.3) is 0 Å². The van der Waals surface area contributed by atoms with Crippen molar-refractivity contribution in [3.8, 4) is 23.0 Å². The molecule has 5 aromatic rings. The SMILES string of the molecule is [O-]c1ccc(Br)cc1C=Nc1cc(N=Cc2cc(Br)ccc2[O-])c(N=Cc2cc(Br)ccc2[O-])cc1N=Cc1cc(Br)ccc1[O-].[Zn+2].[Zn+2]. The predicted molar refractivity (Wildman–Crippen MR) is 190 cm³/mol. The summed E-state index contributed by atoms with van der Waals surface area (Å²) in [7, 11) is 0. The standard InChI is InChI=1S/C34H22Br4N4O4.2Zn/c35-23-1-5-31(43)19(9-23)15-39-27-13-29(41-17-21-11-25(37)3-7-33(21)45)30(42-18-22-12-26(38)4-8-34(22)46)14-28(27)40-16-20-10-24(36)2-6-32(20)44;;/h1-18,43-46H;;/q;2*+2/p-4. The maximum atomic E-state index is 12.5. The second kappa shape index (κ2) is 18.2. The fourth-order valence-corrected chi connectivity index (χ4v) is 5.52. The van der Waals surface area contributed by atoms with Gasteiger partial charge in [0, 0.05) is 42.7 Å². The van der Waals surface area contributed by atoms with Gasteiger partial charge in [0.2, 0.25) is 0 Å². The molecule has 0 spiro atoms. The van der Waals surface area contributed by atoms with Gasteiger partial charge in [-0.2, -0.15) is 0 Å². The molecule has 0 atom stereocenters. The molecule has 0 amide bonds. The molecule has 5 aromatic carbocycles. The van der Waals surface area contributed by atoms with Crippen LogP contribution in [0.2, 0.25) is 0 Å². The summed E-state index contributed by atoms with van der Waals surface area (Å²) in [5, 5.41) is 49.9. The summed E-state index contributed by atoms with van der Waals surface area (Å²) in [4.78, 5) is 18.3. The van der Waals surface area contributed by atoms with Crippen molar-refractivity contribution in [2.75, 3.05) is 0 Å². The van der Waals surface area contributed by atoms with Gasteiger partial charge in [0.05, 0.1) is 22.7 Å². The topological polar surface area (TPSA) is 142 Å². The molecule has 14 heteroatoms. The molecule has 48 heavy (non-hydrogen) atoms. The Hall–Kier alpha value is -2.85. The molecule has 5 rings (SSSR count). The zero-order valence-corrected chi connectivity index (χ0v) is 37.0. The summed E-state index contributed by atoms with van der Waals surface area (Å²) in [5.41, 5.74) is 2.50. The molecule has 0 saturated heterocycles. The van der Waals surface area contributed by atoms with Crippen LogP contribution in [0, 0.1) is 0 Å². The van der Waals surface area contributed by atoms with Crippen LogP contribution in [0.3, 0.4) is 0 Å². The number of hydrogen-bond acceptors (Lipinski definition) is 8. The second-order valence-electron chi connectivity index (χ2n) is 9.59. The molecule has 8 nitrogen and oxygen atoms in total. The van der Waals surface area contributed by atoms with Crippen LogP contribution in [0.15, 0.2) is 123 Å². The van der Waals surface area contributed by atoms with Gasteiger partial charge in [0.25, 0.3) is 0 Å². The van der Waals surface area contributed by atoms with Gasteiger partial charge in [-0.15, -0.1) is 0 Å². The molecule has 0 unspecified atom stereocenters. The Kier molecular flexibility index (Phi) is 15.0. The van der Waals surface area contributed by atoms with Gasteiger partial charge in [-0.3, -0.25) is 20.0 Å². The van der Waals surface area contributed by atoms with Crippen molar-refractivity contribution in [1.29, 1.82) is 0 Å². The monoisotopic (exact) mass is 990 g/mol. The van der Waals surface area contributed by atoms with Crippen molar-refractivity contribution in [2.45, 2.75) is 0 Å². The fraction of sp³-hybridized carbons (Fsp3) is 0. The first-order chi connectivity index (χ1) is 22.0. The Labute approximate surface area is 335 Å². The minimum Gasteiger partial charge on any atom is -0.872 e. The molecule has 0 N–H and O–H groups in total. The zero-order valence-electron chi connectivity index (χ0n) is 24.7. The van der Waals surface area contributed by atoms with Crippen LogP contribution in [0.4, 0.5) is 22.7 Å². The molecule has 0 aliphatic heterocycles. The van der Waals surface area contributed by atoms with E-state index in [2.05, 4.69) is 83.7 Å². The molecule has 0 heterocycles. The number of nitrogens with zero attached hydrogens (tertiary/aromatic N) is 4. The van der Waals surface area contributed by atoms with Gasteiger partial charge in [-0.25, -0.2) is 0 Å². The van der Waals surface area contributed by atoms with E-state index >= 15 is 0 Å². The summed E-state index contributed by atoms with van der Waals surface area (Å²) in [6, 6.07) is 22.0. The van der Waals surface area contributed by atoms with Gasteiger partial charge < -0.3 is 20.4 Å². The average Bonchev–Trinajstić information content (AvgIpc) is 3.03. The zero-order chi connectivity index (χ0) is 32.8. The van der Waals surface area contributed by atoms with Crippen molar-refractivity contribution in [3.63, 3.8) is 0 Å². The quantitative estimate of drug-likeness (QED) is 0.115. The minimum atomic E-state index is -0.235. The number of benzene rings is 5. The van der Waals surface area contributed by atoms with Gasteiger partial charge >= 0.3 is 39.0 Å². The molecular weight excluding hydrogens is 979 g/mol. The molecule has 0 saturated carbocycles. The van der Waals surface area contributed by atoms with E-state index in [1.165, 1.54) is 49.1 Å². The number of rotatable bonds is 8. The Morgan fingerprint density at radius 3 is 0.771 bits per heavy atom. The molecule has 230 valence electrons. The molecular formula is C34H18Br4N4O4Zn2. The number of aliphatic imine (C=N–C) groups is 4. The van der Waals surface area contributed by atoms with Crippen LogP contribution < -0.4 is 20.4 Å². The third kappa shape index (κ3) is 10.6. The Balaban J connectivity index is 0.00000312. The van der Waals surface area contributed by atoms with Gasteiger partial charge in [0.15, 0.2) is 0 Å². The first kappa shape index (κ1) is 39.6. The molecule has 0 aliphatic carbocycles. The van der Waals surface area contributed by atoms with Gasteiger partial charge in [0.1, 0.15) is 0 Å². The predicted octanol–water partition coefficient (Wildman–Crippen LogP) is 8.03. The summed E-state index contributed by atoms with van der Waals surface area (Å²) < 4.78 is 2.80. The Morgan fingerprint density at radius 2 is 0.562 bits per heavy atom. The minimum absolute atomic E-state index is 0. The van der Waals surface area contributed by atoms with Crippen molar-refractivity contribution in [3.05, 3.63) is 125 Å². The van der Waals surface area contributed by atoms with Crippen molar-refractivity contribution in [1.82, 2.24) is 0 Å². The largest absolute Gasteiger partial charge is 2.00 e. The van der Waals surface area contributed by atoms with E-state index in [1.807, 2.05) is 0 Å². The average molecular weight is 997 g/mol. The summed E-state index contributed by atoms with van der Waals surface area (Å²) >= 11 is 13.5. The first-order valence-corrected chi connectivity index (χ1v) is 16.4. The molecule has 0 fully saturated rings. The van der Waals surface area contributed by atoms with E-state index in [9.17, 15) is 20.4 Å². The van der Waals surface area contributed by atoms with E-state index < -0.39 is 0 Å². The van der Waals surface area contributed by atoms with Gasteiger partial charge in [-0.1, -0.05) is 111 Å². The maximum absolute atomic E-state index is 12.5.